The van der Waals surface area contributed by atoms with Gasteiger partial charge in [0.2, 0.25) is 0 Å². The van der Waals surface area contributed by atoms with Gasteiger partial charge in [-0.25, -0.2) is 4.98 Å². The van der Waals surface area contributed by atoms with Gasteiger partial charge in [-0.15, -0.1) is 0 Å². The molecule has 2 aromatic rings. The van der Waals surface area contributed by atoms with Crippen molar-refractivity contribution in [1.29, 1.82) is 0 Å². The quantitative estimate of drug-likeness (QED) is 0.886. The largest absolute Gasteiger partial charge is 0.361 e. The smallest absolute Gasteiger partial charge is 0.183 e. The molecule has 1 unspecified atom stereocenters. The summed E-state index contributed by atoms with van der Waals surface area (Å²) in [6.45, 7) is 3.30. The Morgan fingerprint density at radius 1 is 1.33 bits per heavy atom. The Balaban J connectivity index is 1.63. The zero-order valence-corrected chi connectivity index (χ0v) is 11.0. The van der Waals surface area contributed by atoms with Crippen molar-refractivity contribution in [3.63, 3.8) is 0 Å². The summed E-state index contributed by atoms with van der Waals surface area (Å²) in [7, 11) is 0. The van der Waals surface area contributed by atoms with Crippen LogP contribution in [0.25, 0.3) is 10.4 Å². The number of nitrogens with zero attached hydrogens (tertiary/aromatic N) is 1. The molecular formula is C14H17N3S. The third kappa shape index (κ3) is 2.71. The molecule has 2 heterocycles. The van der Waals surface area contributed by atoms with Crippen molar-refractivity contribution >= 4 is 16.5 Å². The van der Waals surface area contributed by atoms with Gasteiger partial charge in [0.05, 0.1) is 4.88 Å². The van der Waals surface area contributed by atoms with E-state index in [-0.39, 0.29) is 0 Å². The maximum atomic E-state index is 4.44. The molecule has 1 saturated heterocycles. The Labute approximate surface area is 111 Å². The van der Waals surface area contributed by atoms with Crippen molar-refractivity contribution in [2.45, 2.75) is 6.42 Å². The molecule has 2 N–H and O–H groups in total. The number of aromatic nitrogens is 1. The number of anilines is 1. The molecule has 1 aromatic heterocycles. The molecular weight excluding hydrogens is 242 g/mol. The standard InChI is InChI=1S/C14H17N3S/c1-2-4-12(5-3-1)13-10-17-14(18-13)16-9-11-6-7-15-8-11/h1-5,10-11,15H,6-9H2,(H,16,17). The van der Waals surface area contributed by atoms with E-state index in [0.717, 1.165) is 30.7 Å². The van der Waals surface area contributed by atoms with Crippen LogP contribution in [0.1, 0.15) is 6.42 Å². The molecule has 0 saturated carbocycles. The molecule has 18 heavy (non-hydrogen) atoms. The summed E-state index contributed by atoms with van der Waals surface area (Å²) in [4.78, 5) is 5.67. The average molecular weight is 259 g/mol. The molecule has 1 aliphatic heterocycles. The van der Waals surface area contributed by atoms with Crippen LogP contribution in [0.4, 0.5) is 5.13 Å². The van der Waals surface area contributed by atoms with Crippen LogP contribution in [0, 0.1) is 5.92 Å². The summed E-state index contributed by atoms with van der Waals surface area (Å²) >= 11 is 1.73. The molecule has 4 heteroatoms. The first-order chi connectivity index (χ1) is 8.92. The summed E-state index contributed by atoms with van der Waals surface area (Å²) in [6, 6.07) is 10.4. The minimum atomic E-state index is 0.745. The van der Waals surface area contributed by atoms with Crippen LogP contribution in [-0.4, -0.2) is 24.6 Å². The van der Waals surface area contributed by atoms with E-state index < -0.39 is 0 Å². The second-order valence-electron chi connectivity index (χ2n) is 4.64. The van der Waals surface area contributed by atoms with E-state index in [9.17, 15) is 0 Å². The molecule has 0 radical (unpaired) electrons. The number of rotatable bonds is 4. The van der Waals surface area contributed by atoms with Gasteiger partial charge in [0.1, 0.15) is 0 Å². The maximum absolute atomic E-state index is 4.44. The van der Waals surface area contributed by atoms with Gasteiger partial charge in [-0.05, 0) is 31.0 Å². The van der Waals surface area contributed by atoms with Crippen molar-refractivity contribution in [2.75, 3.05) is 25.0 Å². The van der Waals surface area contributed by atoms with Gasteiger partial charge in [-0.3, -0.25) is 0 Å². The third-order valence-corrected chi connectivity index (χ3v) is 4.27. The van der Waals surface area contributed by atoms with E-state index in [2.05, 4.69) is 39.9 Å². The van der Waals surface area contributed by atoms with Gasteiger partial charge >= 0.3 is 0 Å². The number of nitrogens with one attached hydrogen (secondary N) is 2. The molecule has 1 atom stereocenters. The van der Waals surface area contributed by atoms with Crippen LogP contribution < -0.4 is 10.6 Å². The third-order valence-electron chi connectivity index (χ3n) is 3.27. The van der Waals surface area contributed by atoms with Crippen LogP contribution in [0.2, 0.25) is 0 Å². The van der Waals surface area contributed by atoms with Crippen LogP contribution >= 0.6 is 11.3 Å². The van der Waals surface area contributed by atoms with E-state index >= 15 is 0 Å². The van der Waals surface area contributed by atoms with Gasteiger partial charge in [0, 0.05) is 12.7 Å². The minimum Gasteiger partial charge on any atom is -0.361 e. The van der Waals surface area contributed by atoms with Crippen molar-refractivity contribution in [3.05, 3.63) is 36.5 Å². The average Bonchev–Trinajstić information content (AvgIpc) is 3.09. The lowest BCUT2D eigenvalue weighted by Gasteiger charge is -2.07. The lowest BCUT2D eigenvalue weighted by Crippen LogP contribution is -2.16. The van der Waals surface area contributed by atoms with Crippen LogP contribution in [0.3, 0.4) is 0 Å². The Hall–Kier alpha value is -1.39. The Morgan fingerprint density at radius 3 is 3.00 bits per heavy atom. The molecule has 1 aromatic carbocycles. The maximum Gasteiger partial charge on any atom is 0.183 e. The molecule has 0 bridgehead atoms. The molecule has 0 aliphatic carbocycles. The van der Waals surface area contributed by atoms with Crippen LogP contribution in [0.15, 0.2) is 36.5 Å². The van der Waals surface area contributed by atoms with Crippen molar-refractivity contribution < 1.29 is 0 Å². The lowest BCUT2D eigenvalue weighted by atomic mass is 10.1. The fraction of sp³-hybridized carbons (Fsp3) is 0.357. The Morgan fingerprint density at radius 2 is 2.22 bits per heavy atom. The Kier molecular flexibility index (Phi) is 3.57. The summed E-state index contributed by atoms with van der Waals surface area (Å²) in [5, 5.41) is 7.86. The molecule has 3 rings (SSSR count). The van der Waals surface area contributed by atoms with Crippen LogP contribution in [-0.2, 0) is 0 Å². The minimum absolute atomic E-state index is 0.745. The summed E-state index contributed by atoms with van der Waals surface area (Å²) in [6.07, 6.45) is 3.22. The highest BCUT2D eigenvalue weighted by Crippen LogP contribution is 2.28. The summed E-state index contributed by atoms with van der Waals surface area (Å²) in [5.74, 6) is 0.745. The summed E-state index contributed by atoms with van der Waals surface area (Å²) in [5.41, 5.74) is 1.24. The summed E-state index contributed by atoms with van der Waals surface area (Å²) < 4.78 is 0. The predicted molar refractivity (Wildman–Crippen MR) is 77.0 cm³/mol. The Bertz CT molecular complexity index is 489. The van der Waals surface area contributed by atoms with Gasteiger partial charge in [-0.2, -0.15) is 0 Å². The van der Waals surface area contributed by atoms with E-state index in [4.69, 9.17) is 0 Å². The predicted octanol–water partition coefficient (Wildman–Crippen LogP) is 2.83. The molecule has 94 valence electrons. The van der Waals surface area contributed by atoms with Gasteiger partial charge in [0.25, 0.3) is 0 Å². The number of thiazole rings is 1. The molecule has 0 spiro atoms. The van der Waals surface area contributed by atoms with E-state index in [1.807, 2.05) is 12.3 Å². The van der Waals surface area contributed by atoms with E-state index in [1.54, 1.807) is 11.3 Å². The zero-order chi connectivity index (χ0) is 12.2. The van der Waals surface area contributed by atoms with Gasteiger partial charge in [0.15, 0.2) is 5.13 Å². The first kappa shape index (κ1) is 11.7. The fourth-order valence-electron chi connectivity index (χ4n) is 2.21. The topological polar surface area (TPSA) is 37.0 Å². The lowest BCUT2D eigenvalue weighted by molar-refractivity contribution is 0.615. The van der Waals surface area contributed by atoms with Crippen molar-refractivity contribution in [2.24, 2.45) is 5.92 Å². The van der Waals surface area contributed by atoms with Crippen molar-refractivity contribution in [3.8, 4) is 10.4 Å². The zero-order valence-electron chi connectivity index (χ0n) is 10.2. The van der Waals surface area contributed by atoms with Gasteiger partial charge in [-0.1, -0.05) is 41.7 Å². The van der Waals surface area contributed by atoms with Gasteiger partial charge < -0.3 is 10.6 Å². The second-order valence-corrected chi connectivity index (χ2v) is 5.67. The number of hydrogen-bond donors (Lipinski definition) is 2. The molecule has 3 nitrogen and oxygen atoms in total. The second kappa shape index (κ2) is 5.50. The molecule has 1 aliphatic rings. The fourth-order valence-corrected chi connectivity index (χ4v) is 3.04. The number of hydrogen-bond acceptors (Lipinski definition) is 4. The normalized spacial score (nSPS) is 19.0. The molecule has 1 fully saturated rings. The van der Waals surface area contributed by atoms with E-state index in [1.165, 1.54) is 16.9 Å². The van der Waals surface area contributed by atoms with E-state index in [0.29, 0.717) is 0 Å². The number of benzene rings is 1. The molecule has 0 amide bonds. The van der Waals surface area contributed by atoms with Crippen molar-refractivity contribution in [1.82, 2.24) is 10.3 Å². The highest BCUT2D eigenvalue weighted by Gasteiger charge is 2.14. The highest BCUT2D eigenvalue weighted by molar-refractivity contribution is 7.18. The highest BCUT2D eigenvalue weighted by atomic mass is 32.1. The van der Waals surface area contributed by atoms with Crippen LogP contribution in [0.5, 0.6) is 0 Å². The monoisotopic (exact) mass is 259 g/mol. The first-order valence-electron chi connectivity index (χ1n) is 6.37. The SMILES string of the molecule is c1ccc(-c2cnc(NCC3CCNC3)s2)cc1. The first-order valence-corrected chi connectivity index (χ1v) is 7.19.